The maximum atomic E-state index is 13.2. The number of nitrogens with one attached hydrogen (secondary N) is 1. The summed E-state index contributed by atoms with van der Waals surface area (Å²) in [5, 5.41) is 0.458. The van der Waals surface area contributed by atoms with E-state index >= 15 is 0 Å². The standard InChI is InChI=1S/C21H16N2O3S/c1-14-10-12-15(13-11-14)27(25,26)19-9-5-3-7-17(19)20-22-18-8-4-2-6-16(18)21(24)23-20/h2-13H,1H3,(H,22,23,24). The lowest BCUT2D eigenvalue weighted by molar-refractivity contribution is 0.596. The zero-order valence-electron chi connectivity index (χ0n) is 14.5. The number of aryl methyl sites for hydroxylation is 1. The minimum absolute atomic E-state index is 0.104. The number of rotatable bonds is 3. The van der Waals surface area contributed by atoms with Crippen LogP contribution in [0.1, 0.15) is 5.56 Å². The predicted octanol–water partition coefficient (Wildman–Crippen LogP) is 3.73. The van der Waals surface area contributed by atoms with E-state index in [4.69, 9.17) is 0 Å². The molecular weight excluding hydrogens is 360 g/mol. The van der Waals surface area contributed by atoms with Crippen LogP contribution in [0.2, 0.25) is 0 Å². The van der Waals surface area contributed by atoms with E-state index in [2.05, 4.69) is 9.97 Å². The number of hydrogen-bond donors (Lipinski definition) is 1. The Labute approximate surface area is 156 Å². The number of sulfone groups is 1. The molecule has 4 aromatic rings. The van der Waals surface area contributed by atoms with Gasteiger partial charge < -0.3 is 4.98 Å². The zero-order valence-corrected chi connectivity index (χ0v) is 15.3. The van der Waals surface area contributed by atoms with Crippen LogP contribution in [0.5, 0.6) is 0 Å². The highest BCUT2D eigenvalue weighted by molar-refractivity contribution is 7.91. The van der Waals surface area contributed by atoms with Crippen LogP contribution in [-0.2, 0) is 9.84 Å². The number of hydrogen-bond acceptors (Lipinski definition) is 4. The Morgan fingerprint density at radius 2 is 1.52 bits per heavy atom. The van der Waals surface area contributed by atoms with Crippen molar-refractivity contribution >= 4 is 20.7 Å². The molecule has 0 saturated carbocycles. The largest absolute Gasteiger partial charge is 0.306 e. The lowest BCUT2D eigenvalue weighted by Gasteiger charge is -2.11. The molecule has 1 aromatic heterocycles. The van der Waals surface area contributed by atoms with Crippen LogP contribution in [0.3, 0.4) is 0 Å². The van der Waals surface area contributed by atoms with Gasteiger partial charge in [0.15, 0.2) is 0 Å². The molecule has 0 saturated heterocycles. The summed E-state index contributed by atoms with van der Waals surface area (Å²) in [6, 6.07) is 20.2. The van der Waals surface area contributed by atoms with Gasteiger partial charge in [-0.15, -0.1) is 0 Å². The quantitative estimate of drug-likeness (QED) is 0.591. The van der Waals surface area contributed by atoms with Crippen molar-refractivity contribution in [3.8, 4) is 11.4 Å². The number of H-pyrrole nitrogens is 1. The fourth-order valence-corrected chi connectivity index (χ4v) is 4.42. The number of aromatic amines is 1. The minimum atomic E-state index is -3.76. The van der Waals surface area contributed by atoms with Gasteiger partial charge in [0.1, 0.15) is 5.82 Å². The Bertz CT molecular complexity index is 1310. The van der Waals surface area contributed by atoms with Crippen molar-refractivity contribution in [2.75, 3.05) is 0 Å². The minimum Gasteiger partial charge on any atom is -0.306 e. The van der Waals surface area contributed by atoms with E-state index in [0.29, 0.717) is 16.5 Å². The molecule has 0 spiro atoms. The van der Waals surface area contributed by atoms with E-state index in [-0.39, 0.29) is 21.2 Å². The molecule has 0 bridgehead atoms. The summed E-state index contributed by atoms with van der Waals surface area (Å²) in [7, 11) is -3.76. The van der Waals surface area contributed by atoms with Gasteiger partial charge >= 0.3 is 0 Å². The molecule has 0 aliphatic carbocycles. The molecule has 0 amide bonds. The van der Waals surface area contributed by atoms with Crippen LogP contribution in [0.15, 0.2) is 87.4 Å². The van der Waals surface area contributed by atoms with E-state index in [1.807, 2.05) is 6.92 Å². The van der Waals surface area contributed by atoms with Crippen LogP contribution in [0.25, 0.3) is 22.3 Å². The molecule has 5 nitrogen and oxygen atoms in total. The van der Waals surface area contributed by atoms with Crippen LogP contribution in [0, 0.1) is 6.92 Å². The van der Waals surface area contributed by atoms with Crippen molar-refractivity contribution < 1.29 is 8.42 Å². The van der Waals surface area contributed by atoms with E-state index in [9.17, 15) is 13.2 Å². The lowest BCUT2D eigenvalue weighted by atomic mass is 10.2. The van der Waals surface area contributed by atoms with Gasteiger partial charge in [0.2, 0.25) is 9.84 Å². The number of fused-ring (bicyclic) bond motifs is 1. The first-order valence-electron chi connectivity index (χ1n) is 8.37. The molecule has 0 fully saturated rings. The Morgan fingerprint density at radius 3 is 2.30 bits per heavy atom. The van der Waals surface area contributed by atoms with Gasteiger partial charge in [0.25, 0.3) is 5.56 Å². The van der Waals surface area contributed by atoms with Gasteiger partial charge in [-0.3, -0.25) is 4.79 Å². The first-order valence-corrected chi connectivity index (χ1v) is 9.85. The SMILES string of the molecule is Cc1ccc(S(=O)(=O)c2ccccc2-c2nc3ccccc3c(=O)[nH]2)cc1. The van der Waals surface area contributed by atoms with Crippen molar-refractivity contribution in [1.29, 1.82) is 0 Å². The number of para-hydroxylation sites is 1. The summed E-state index contributed by atoms with van der Waals surface area (Å²) in [6.07, 6.45) is 0. The van der Waals surface area contributed by atoms with Crippen LogP contribution < -0.4 is 5.56 Å². The predicted molar refractivity (Wildman–Crippen MR) is 104 cm³/mol. The third-order valence-corrected chi connectivity index (χ3v) is 6.20. The van der Waals surface area contributed by atoms with Crippen molar-refractivity contribution in [2.24, 2.45) is 0 Å². The molecule has 4 rings (SSSR count). The second-order valence-corrected chi connectivity index (χ2v) is 8.16. The number of nitrogens with zero attached hydrogens (tertiary/aromatic N) is 1. The van der Waals surface area contributed by atoms with E-state index < -0.39 is 9.84 Å². The number of aromatic nitrogens is 2. The second kappa shape index (κ2) is 6.48. The molecule has 0 atom stereocenters. The molecule has 0 unspecified atom stereocenters. The molecule has 0 aliphatic rings. The molecule has 27 heavy (non-hydrogen) atoms. The smallest absolute Gasteiger partial charge is 0.259 e. The van der Waals surface area contributed by atoms with Gasteiger partial charge in [0.05, 0.1) is 20.7 Å². The summed E-state index contributed by atoms with van der Waals surface area (Å²) in [6.45, 7) is 1.90. The lowest BCUT2D eigenvalue weighted by Crippen LogP contribution is -2.11. The average molecular weight is 376 g/mol. The fraction of sp³-hybridized carbons (Fsp3) is 0.0476. The summed E-state index contributed by atoms with van der Waals surface area (Å²) >= 11 is 0. The highest BCUT2D eigenvalue weighted by Gasteiger charge is 2.23. The van der Waals surface area contributed by atoms with Gasteiger partial charge in [-0.05, 0) is 43.3 Å². The molecule has 134 valence electrons. The molecule has 0 aliphatic heterocycles. The second-order valence-electron chi connectivity index (χ2n) is 6.24. The monoisotopic (exact) mass is 376 g/mol. The van der Waals surface area contributed by atoms with Crippen molar-refractivity contribution in [3.05, 3.63) is 88.7 Å². The van der Waals surface area contributed by atoms with E-state index in [1.165, 1.54) is 6.07 Å². The van der Waals surface area contributed by atoms with E-state index in [0.717, 1.165) is 5.56 Å². The van der Waals surface area contributed by atoms with Crippen LogP contribution >= 0.6 is 0 Å². The van der Waals surface area contributed by atoms with E-state index in [1.54, 1.807) is 66.7 Å². The zero-order chi connectivity index (χ0) is 19.0. The molecule has 0 radical (unpaired) electrons. The summed E-state index contributed by atoms with van der Waals surface area (Å²) in [4.78, 5) is 19.9. The van der Waals surface area contributed by atoms with Gasteiger partial charge in [0, 0.05) is 5.56 Å². The highest BCUT2D eigenvalue weighted by atomic mass is 32.2. The number of benzene rings is 3. The molecular formula is C21H16N2O3S. The first kappa shape index (κ1) is 17.2. The fourth-order valence-electron chi connectivity index (χ4n) is 2.95. The topological polar surface area (TPSA) is 79.9 Å². The first-order chi connectivity index (χ1) is 13.0. The third kappa shape index (κ3) is 3.04. The Kier molecular flexibility index (Phi) is 4.12. The Balaban J connectivity index is 1.95. The van der Waals surface area contributed by atoms with Crippen LogP contribution in [-0.4, -0.2) is 18.4 Å². The average Bonchev–Trinajstić information content (AvgIpc) is 2.68. The summed E-state index contributed by atoms with van der Waals surface area (Å²) in [5.41, 5.74) is 1.54. The van der Waals surface area contributed by atoms with Gasteiger partial charge in [-0.1, -0.05) is 42.0 Å². The summed E-state index contributed by atoms with van der Waals surface area (Å²) < 4.78 is 26.3. The van der Waals surface area contributed by atoms with Crippen molar-refractivity contribution in [1.82, 2.24) is 9.97 Å². The molecule has 1 heterocycles. The third-order valence-electron chi connectivity index (χ3n) is 4.38. The maximum Gasteiger partial charge on any atom is 0.259 e. The van der Waals surface area contributed by atoms with Gasteiger partial charge in [-0.2, -0.15) is 0 Å². The van der Waals surface area contributed by atoms with Crippen molar-refractivity contribution in [2.45, 2.75) is 16.7 Å². The maximum absolute atomic E-state index is 13.2. The van der Waals surface area contributed by atoms with Crippen LogP contribution in [0.4, 0.5) is 0 Å². The molecule has 6 heteroatoms. The summed E-state index contributed by atoms with van der Waals surface area (Å²) in [5.74, 6) is 0.227. The Morgan fingerprint density at radius 1 is 0.852 bits per heavy atom. The molecule has 1 N–H and O–H groups in total. The normalized spacial score (nSPS) is 11.6. The van der Waals surface area contributed by atoms with Crippen molar-refractivity contribution in [3.63, 3.8) is 0 Å². The highest BCUT2D eigenvalue weighted by Crippen LogP contribution is 2.29. The van der Waals surface area contributed by atoms with Gasteiger partial charge in [-0.25, -0.2) is 13.4 Å². The molecule has 3 aromatic carbocycles. The Hall–Kier alpha value is -3.25.